The first-order chi connectivity index (χ1) is 8.52. The van der Waals surface area contributed by atoms with E-state index in [0.717, 1.165) is 12.8 Å². The molecule has 18 heavy (non-hydrogen) atoms. The van der Waals surface area contributed by atoms with Gasteiger partial charge in [0.15, 0.2) is 0 Å². The summed E-state index contributed by atoms with van der Waals surface area (Å²) >= 11 is 0. The minimum Gasteiger partial charge on any atom is -0.475 e. The average molecular weight is 254 g/mol. The molecule has 1 heterocycles. The maximum Gasteiger partial charge on any atom is 0.371 e. The quantitative estimate of drug-likeness (QED) is 0.676. The van der Waals surface area contributed by atoms with Crippen molar-refractivity contribution in [1.29, 1.82) is 0 Å². The Bertz CT molecular complexity index is 414. The Morgan fingerprint density at radius 1 is 1.50 bits per heavy atom. The largest absolute Gasteiger partial charge is 0.475 e. The van der Waals surface area contributed by atoms with Crippen LogP contribution < -0.4 is 11.1 Å². The highest BCUT2D eigenvalue weighted by molar-refractivity contribution is 5.84. The highest BCUT2D eigenvalue weighted by atomic mass is 16.4. The fraction of sp³-hybridized carbons (Fsp3) is 0.500. The van der Waals surface area contributed by atoms with E-state index in [-0.39, 0.29) is 30.7 Å². The number of nitrogens with two attached hydrogens (primary N) is 1. The summed E-state index contributed by atoms with van der Waals surface area (Å²) in [5.41, 5.74) is 5.74. The standard InChI is InChI=1S/C12H18N2O4/c1-2-3-8(13)6-11(15)14-7-9-4-5-10(18-9)12(16)17/h4-5,8H,2-3,6-7,13H2,1H3,(H,14,15)(H,16,17). The Morgan fingerprint density at radius 3 is 2.78 bits per heavy atom. The van der Waals surface area contributed by atoms with Crippen LogP contribution in [-0.4, -0.2) is 23.0 Å². The van der Waals surface area contributed by atoms with Gasteiger partial charge in [-0.3, -0.25) is 4.79 Å². The fourth-order valence-corrected chi connectivity index (χ4v) is 1.56. The molecule has 1 atom stereocenters. The number of carboxylic acids is 1. The van der Waals surface area contributed by atoms with E-state index in [1.807, 2.05) is 6.92 Å². The van der Waals surface area contributed by atoms with Gasteiger partial charge in [-0.25, -0.2) is 4.79 Å². The van der Waals surface area contributed by atoms with E-state index in [1.54, 1.807) is 0 Å². The van der Waals surface area contributed by atoms with Crippen LogP contribution in [0, 0.1) is 0 Å². The molecule has 0 aliphatic carbocycles. The number of hydrogen-bond donors (Lipinski definition) is 3. The van der Waals surface area contributed by atoms with Crippen molar-refractivity contribution in [1.82, 2.24) is 5.32 Å². The molecule has 6 nitrogen and oxygen atoms in total. The second-order valence-electron chi connectivity index (χ2n) is 4.10. The van der Waals surface area contributed by atoms with Gasteiger partial charge in [0.2, 0.25) is 11.7 Å². The van der Waals surface area contributed by atoms with Crippen molar-refractivity contribution in [3.05, 3.63) is 23.7 Å². The first-order valence-electron chi connectivity index (χ1n) is 5.87. The number of carbonyl (C=O) groups is 2. The lowest BCUT2D eigenvalue weighted by Gasteiger charge is -2.09. The van der Waals surface area contributed by atoms with Crippen LogP contribution in [-0.2, 0) is 11.3 Å². The minimum absolute atomic E-state index is 0.137. The van der Waals surface area contributed by atoms with Crippen LogP contribution in [0.15, 0.2) is 16.5 Å². The molecular weight excluding hydrogens is 236 g/mol. The highest BCUT2D eigenvalue weighted by Crippen LogP contribution is 2.07. The van der Waals surface area contributed by atoms with Crippen LogP contribution in [0.4, 0.5) is 0 Å². The van der Waals surface area contributed by atoms with Gasteiger partial charge in [0.1, 0.15) is 5.76 Å². The summed E-state index contributed by atoms with van der Waals surface area (Å²) in [6, 6.07) is 2.74. The highest BCUT2D eigenvalue weighted by Gasteiger charge is 2.11. The summed E-state index contributed by atoms with van der Waals surface area (Å²) in [5, 5.41) is 11.3. The zero-order chi connectivity index (χ0) is 13.5. The van der Waals surface area contributed by atoms with Gasteiger partial charge < -0.3 is 20.6 Å². The average Bonchev–Trinajstić information content (AvgIpc) is 2.75. The van der Waals surface area contributed by atoms with E-state index >= 15 is 0 Å². The summed E-state index contributed by atoms with van der Waals surface area (Å²) in [6.07, 6.45) is 2.01. The van der Waals surface area contributed by atoms with E-state index in [2.05, 4.69) is 5.32 Å². The van der Waals surface area contributed by atoms with Gasteiger partial charge in [-0.1, -0.05) is 13.3 Å². The van der Waals surface area contributed by atoms with Gasteiger partial charge in [0.05, 0.1) is 6.54 Å². The van der Waals surface area contributed by atoms with E-state index in [1.165, 1.54) is 12.1 Å². The number of amides is 1. The Labute approximate surface area is 105 Å². The number of hydrogen-bond acceptors (Lipinski definition) is 4. The molecule has 1 amide bonds. The Morgan fingerprint density at radius 2 is 2.22 bits per heavy atom. The maximum absolute atomic E-state index is 11.5. The summed E-state index contributed by atoms with van der Waals surface area (Å²) < 4.78 is 5.00. The Hall–Kier alpha value is -1.82. The summed E-state index contributed by atoms with van der Waals surface area (Å²) in [4.78, 5) is 22.1. The van der Waals surface area contributed by atoms with Crippen LogP contribution in [0.3, 0.4) is 0 Å². The van der Waals surface area contributed by atoms with Gasteiger partial charge in [0, 0.05) is 12.5 Å². The van der Waals surface area contributed by atoms with Crippen molar-refractivity contribution in [2.75, 3.05) is 0 Å². The van der Waals surface area contributed by atoms with Crippen molar-refractivity contribution < 1.29 is 19.1 Å². The normalized spacial score (nSPS) is 12.1. The predicted molar refractivity (Wildman–Crippen MR) is 65.0 cm³/mol. The molecule has 0 radical (unpaired) electrons. The second kappa shape index (κ2) is 6.80. The number of aromatic carboxylic acids is 1. The summed E-state index contributed by atoms with van der Waals surface area (Å²) in [7, 11) is 0. The molecule has 0 saturated heterocycles. The van der Waals surface area contributed by atoms with Crippen molar-refractivity contribution in [3.8, 4) is 0 Å². The lowest BCUT2D eigenvalue weighted by atomic mass is 10.1. The fourth-order valence-electron chi connectivity index (χ4n) is 1.56. The molecule has 0 aliphatic heterocycles. The Kier molecular flexibility index (Phi) is 5.38. The molecule has 0 saturated carbocycles. The first-order valence-corrected chi connectivity index (χ1v) is 5.87. The van der Waals surface area contributed by atoms with E-state index in [9.17, 15) is 9.59 Å². The van der Waals surface area contributed by atoms with Gasteiger partial charge in [-0.15, -0.1) is 0 Å². The van der Waals surface area contributed by atoms with E-state index in [4.69, 9.17) is 15.3 Å². The molecular formula is C12H18N2O4. The Balaban J connectivity index is 2.35. The number of furan rings is 1. The first kappa shape index (κ1) is 14.2. The third-order valence-corrected chi connectivity index (χ3v) is 2.44. The van der Waals surface area contributed by atoms with Crippen LogP contribution in [0.5, 0.6) is 0 Å². The van der Waals surface area contributed by atoms with E-state index < -0.39 is 5.97 Å². The second-order valence-corrected chi connectivity index (χ2v) is 4.10. The number of nitrogens with one attached hydrogen (secondary N) is 1. The lowest BCUT2D eigenvalue weighted by molar-refractivity contribution is -0.121. The van der Waals surface area contributed by atoms with Crippen LogP contribution >= 0.6 is 0 Å². The molecule has 0 spiro atoms. The van der Waals surface area contributed by atoms with Crippen molar-refractivity contribution >= 4 is 11.9 Å². The molecule has 0 fully saturated rings. The van der Waals surface area contributed by atoms with Crippen molar-refractivity contribution in [2.45, 2.75) is 38.8 Å². The zero-order valence-electron chi connectivity index (χ0n) is 10.3. The van der Waals surface area contributed by atoms with Crippen molar-refractivity contribution in [3.63, 3.8) is 0 Å². The smallest absolute Gasteiger partial charge is 0.371 e. The van der Waals surface area contributed by atoms with Gasteiger partial charge in [-0.05, 0) is 18.6 Å². The molecule has 1 rings (SSSR count). The number of carbonyl (C=O) groups excluding carboxylic acids is 1. The molecule has 100 valence electrons. The van der Waals surface area contributed by atoms with Crippen LogP contribution in [0.1, 0.15) is 42.5 Å². The van der Waals surface area contributed by atoms with Gasteiger partial charge in [-0.2, -0.15) is 0 Å². The third-order valence-electron chi connectivity index (χ3n) is 2.44. The number of rotatable bonds is 7. The molecule has 1 aromatic heterocycles. The zero-order valence-corrected chi connectivity index (χ0v) is 10.3. The predicted octanol–water partition coefficient (Wildman–Crippen LogP) is 1.11. The molecule has 0 aliphatic rings. The molecule has 0 aromatic carbocycles. The summed E-state index contributed by atoms with van der Waals surface area (Å²) in [6.45, 7) is 2.18. The third kappa shape index (κ3) is 4.58. The summed E-state index contributed by atoms with van der Waals surface area (Å²) in [5.74, 6) is -1.02. The molecule has 6 heteroatoms. The van der Waals surface area contributed by atoms with E-state index in [0.29, 0.717) is 5.76 Å². The monoisotopic (exact) mass is 254 g/mol. The van der Waals surface area contributed by atoms with Crippen LogP contribution in [0.25, 0.3) is 0 Å². The molecule has 1 unspecified atom stereocenters. The minimum atomic E-state index is -1.13. The molecule has 4 N–H and O–H groups in total. The lowest BCUT2D eigenvalue weighted by Crippen LogP contribution is -2.31. The van der Waals surface area contributed by atoms with Gasteiger partial charge in [0.25, 0.3) is 0 Å². The number of carboxylic acid groups (broad SMARTS) is 1. The van der Waals surface area contributed by atoms with Crippen molar-refractivity contribution in [2.24, 2.45) is 5.73 Å². The SMILES string of the molecule is CCCC(N)CC(=O)NCc1ccc(C(=O)O)o1. The maximum atomic E-state index is 11.5. The van der Waals surface area contributed by atoms with Gasteiger partial charge >= 0.3 is 5.97 Å². The molecule has 1 aromatic rings. The topological polar surface area (TPSA) is 106 Å². The van der Waals surface area contributed by atoms with Crippen LogP contribution in [0.2, 0.25) is 0 Å². The molecule has 0 bridgehead atoms.